The summed E-state index contributed by atoms with van der Waals surface area (Å²) in [6, 6.07) is 2.04. The molecule has 1 amide bonds. The number of amides is 1. The largest absolute Gasteiger partial charge is 0.341 e. The van der Waals surface area contributed by atoms with Gasteiger partial charge in [0, 0.05) is 13.1 Å². The van der Waals surface area contributed by atoms with Crippen LogP contribution in [0, 0.1) is 17.2 Å². The van der Waals surface area contributed by atoms with Crippen molar-refractivity contribution in [3.8, 4) is 6.07 Å². The van der Waals surface area contributed by atoms with Gasteiger partial charge >= 0.3 is 0 Å². The molecule has 1 fully saturated rings. The van der Waals surface area contributed by atoms with E-state index in [1.165, 1.54) is 0 Å². The number of hydrogen-bond donors (Lipinski definition) is 1. The van der Waals surface area contributed by atoms with E-state index in [9.17, 15) is 4.79 Å². The highest BCUT2D eigenvalue weighted by Crippen LogP contribution is 2.16. The molecule has 0 aromatic rings. The van der Waals surface area contributed by atoms with Crippen molar-refractivity contribution in [3.63, 3.8) is 0 Å². The Morgan fingerprint density at radius 3 is 2.87 bits per heavy atom. The maximum Gasteiger partial charge on any atom is 0.240 e. The zero-order chi connectivity index (χ0) is 11.3. The van der Waals surface area contributed by atoms with E-state index in [4.69, 9.17) is 5.26 Å². The molecule has 2 unspecified atom stereocenters. The Kier molecular flexibility index (Phi) is 4.57. The van der Waals surface area contributed by atoms with Crippen molar-refractivity contribution >= 4 is 5.91 Å². The minimum atomic E-state index is -0.0383. The summed E-state index contributed by atoms with van der Waals surface area (Å²) >= 11 is 0. The second kappa shape index (κ2) is 5.72. The quantitative estimate of drug-likeness (QED) is 0.743. The summed E-state index contributed by atoms with van der Waals surface area (Å²) in [6.45, 7) is 6.21. The smallest absolute Gasteiger partial charge is 0.240 e. The van der Waals surface area contributed by atoms with Crippen molar-refractivity contribution in [2.45, 2.75) is 32.7 Å². The Labute approximate surface area is 91.2 Å². The predicted molar refractivity (Wildman–Crippen MR) is 58.1 cm³/mol. The Balaban J connectivity index is 2.52. The van der Waals surface area contributed by atoms with Gasteiger partial charge in [-0.05, 0) is 25.8 Å². The Bertz CT molecular complexity index is 259. The molecule has 15 heavy (non-hydrogen) atoms. The molecule has 1 rings (SSSR count). The van der Waals surface area contributed by atoms with Crippen LogP contribution >= 0.6 is 0 Å². The first kappa shape index (κ1) is 12.0. The van der Waals surface area contributed by atoms with Crippen LogP contribution in [0.15, 0.2) is 0 Å². The van der Waals surface area contributed by atoms with Crippen molar-refractivity contribution in [2.75, 3.05) is 19.6 Å². The van der Waals surface area contributed by atoms with Crippen LogP contribution in [-0.2, 0) is 4.79 Å². The van der Waals surface area contributed by atoms with Gasteiger partial charge in [0.2, 0.25) is 5.91 Å². The number of carbonyl (C=O) groups excluding carboxylic acids is 1. The lowest BCUT2D eigenvalue weighted by Crippen LogP contribution is -2.46. The number of likely N-dealkylation sites (N-methyl/N-ethyl adjacent to an activating group) is 1. The number of nitrogens with zero attached hydrogens (tertiary/aromatic N) is 2. The Morgan fingerprint density at radius 2 is 2.40 bits per heavy atom. The fourth-order valence-electron chi connectivity index (χ4n) is 1.97. The van der Waals surface area contributed by atoms with E-state index in [0.717, 1.165) is 13.0 Å². The molecule has 0 aromatic carbocycles. The van der Waals surface area contributed by atoms with Crippen LogP contribution in [0.25, 0.3) is 0 Å². The highest BCUT2D eigenvalue weighted by Gasteiger charge is 2.31. The predicted octanol–water partition coefficient (Wildman–Crippen LogP) is 0.747. The average molecular weight is 209 g/mol. The van der Waals surface area contributed by atoms with Gasteiger partial charge in [-0.15, -0.1) is 0 Å². The standard InChI is InChI=1S/C11H19N3O/c1-3-14(8-4-6-12)11(15)10-9(2)5-7-13-10/h9-10,13H,3-5,7-8H2,1-2H3. The number of nitrogens with one attached hydrogen (secondary N) is 1. The average Bonchev–Trinajstić information content (AvgIpc) is 2.65. The third-order valence-electron chi connectivity index (χ3n) is 2.99. The second-order valence-corrected chi connectivity index (χ2v) is 4.02. The molecule has 0 spiro atoms. The summed E-state index contributed by atoms with van der Waals surface area (Å²) in [5, 5.41) is 11.7. The summed E-state index contributed by atoms with van der Waals surface area (Å²) in [5.41, 5.74) is 0. The summed E-state index contributed by atoms with van der Waals surface area (Å²) < 4.78 is 0. The van der Waals surface area contributed by atoms with E-state index in [0.29, 0.717) is 25.4 Å². The lowest BCUT2D eigenvalue weighted by atomic mass is 10.0. The fourth-order valence-corrected chi connectivity index (χ4v) is 1.97. The molecule has 0 bridgehead atoms. The fraction of sp³-hybridized carbons (Fsp3) is 0.818. The van der Waals surface area contributed by atoms with Crippen LogP contribution in [0.1, 0.15) is 26.7 Å². The molecule has 0 saturated carbocycles. The Morgan fingerprint density at radius 1 is 1.67 bits per heavy atom. The molecule has 84 valence electrons. The first-order chi connectivity index (χ1) is 7.20. The van der Waals surface area contributed by atoms with Crippen LogP contribution < -0.4 is 5.32 Å². The molecule has 4 nitrogen and oxygen atoms in total. The van der Waals surface area contributed by atoms with Crippen LogP contribution in [0.2, 0.25) is 0 Å². The maximum atomic E-state index is 12.0. The van der Waals surface area contributed by atoms with Gasteiger partial charge in [-0.1, -0.05) is 6.92 Å². The van der Waals surface area contributed by atoms with Crippen LogP contribution in [0.4, 0.5) is 0 Å². The molecule has 1 N–H and O–H groups in total. The summed E-state index contributed by atoms with van der Waals surface area (Å²) in [4.78, 5) is 13.8. The first-order valence-electron chi connectivity index (χ1n) is 5.59. The number of nitriles is 1. The number of carbonyl (C=O) groups is 1. The molecule has 0 aliphatic carbocycles. The van der Waals surface area contributed by atoms with Crippen molar-refractivity contribution in [2.24, 2.45) is 5.92 Å². The highest BCUT2D eigenvalue weighted by molar-refractivity contribution is 5.82. The molecule has 2 atom stereocenters. The second-order valence-electron chi connectivity index (χ2n) is 4.02. The zero-order valence-electron chi connectivity index (χ0n) is 9.49. The topological polar surface area (TPSA) is 56.1 Å². The molecule has 1 aliphatic rings. The van der Waals surface area contributed by atoms with E-state index >= 15 is 0 Å². The summed E-state index contributed by atoms with van der Waals surface area (Å²) in [7, 11) is 0. The lowest BCUT2D eigenvalue weighted by Gasteiger charge is -2.25. The van der Waals surface area contributed by atoms with E-state index < -0.39 is 0 Å². The monoisotopic (exact) mass is 209 g/mol. The molecule has 0 radical (unpaired) electrons. The van der Waals surface area contributed by atoms with Crippen LogP contribution in [0.5, 0.6) is 0 Å². The van der Waals surface area contributed by atoms with Gasteiger partial charge in [-0.2, -0.15) is 5.26 Å². The lowest BCUT2D eigenvalue weighted by molar-refractivity contribution is -0.133. The molecule has 1 aliphatic heterocycles. The van der Waals surface area contributed by atoms with E-state index in [-0.39, 0.29) is 11.9 Å². The molecule has 1 heterocycles. The number of hydrogen-bond acceptors (Lipinski definition) is 3. The number of rotatable bonds is 4. The third kappa shape index (κ3) is 2.93. The zero-order valence-corrected chi connectivity index (χ0v) is 9.49. The van der Waals surface area contributed by atoms with E-state index in [1.54, 1.807) is 4.90 Å². The molecule has 0 aromatic heterocycles. The minimum absolute atomic E-state index is 0.0383. The molecular formula is C11H19N3O. The first-order valence-corrected chi connectivity index (χ1v) is 5.59. The van der Waals surface area contributed by atoms with Crippen LogP contribution in [0.3, 0.4) is 0 Å². The van der Waals surface area contributed by atoms with Gasteiger partial charge in [0.25, 0.3) is 0 Å². The highest BCUT2D eigenvalue weighted by atomic mass is 16.2. The molecule has 4 heteroatoms. The van der Waals surface area contributed by atoms with E-state index in [2.05, 4.69) is 18.3 Å². The van der Waals surface area contributed by atoms with Gasteiger partial charge < -0.3 is 10.2 Å². The van der Waals surface area contributed by atoms with Gasteiger partial charge in [0.05, 0.1) is 18.5 Å². The SMILES string of the molecule is CCN(CCC#N)C(=O)C1NCCC1C. The molecular weight excluding hydrogens is 190 g/mol. The summed E-state index contributed by atoms with van der Waals surface area (Å²) in [5.74, 6) is 0.561. The van der Waals surface area contributed by atoms with Gasteiger partial charge in [-0.3, -0.25) is 4.79 Å². The van der Waals surface area contributed by atoms with Crippen molar-refractivity contribution < 1.29 is 4.79 Å². The summed E-state index contributed by atoms with van der Waals surface area (Å²) in [6.07, 6.45) is 1.48. The van der Waals surface area contributed by atoms with Crippen molar-refractivity contribution in [3.05, 3.63) is 0 Å². The Hall–Kier alpha value is -1.08. The van der Waals surface area contributed by atoms with Gasteiger partial charge in [0.1, 0.15) is 0 Å². The van der Waals surface area contributed by atoms with Crippen molar-refractivity contribution in [1.82, 2.24) is 10.2 Å². The normalized spacial score (nSPS) is 24.9. The van der Waals surface area contributed by atoms with Gasteiger partial charge in [0.15, 0.2) is 0 Å². The maximum absolute atomic E-state index is 12.0. The third-order valence-corrected chi connectivity index (χ3v) is 2.99. The van der Waals surface area contributed by atoms with Gasteiger partial charge in [-0.25, -0.2) is 0 Å². The van der Waals surface area contributed by atoms with Crippen molar-refractivity contribution in [1.29, 1.82) is 5.26 Å². The molecule has 1 saturated heterocycles. The minimum Gasteiger partial charge on any atom is -0.341 e. The van der Waals surface area contributed by atoms with E-state index in [1.807, 2.05) is 6.92 Å². The van der Waals surface area contributed by atoms with Crippen LogP contribution in [-0.4, -0.2) is 36.5 Å².